The highest BCUT2D eigenvalue weighted by Crippen LogP contribution is 2.27. The summed E-state index contributed by atoms with van der Waals surface area (Å²) in [7, 11) is 0. The zero-order valence-corrected chi connectivity index (χ0v) is 12.4. The van der Waals surface area contributed by atoms with Crippen LogP contribution in [0.4, 0.5) is 4.39 Å². The van der Waals surface area contributed by atoms with Crippen LogP contribution in [0, 0.1) is 0 Å². The molecule has 1 atom stereocenters. The first-order valence-corrected chi connectivity index (χ1v) is 7.26. The molecule has 1 aliphatic rings. The summed E-state index contributed by atoms with van der Waals surface area (Å²) in [6, 6.07) is 8.78. The SMILES string of the molecule is O=C(c1ccc(Cn2cccn2)cc1)N1CC[C@](F)(C(=O)O)C1. The normalized spacial score (nSPS) is 20.7. The van der Waals surface area contributed by atoms with Gasteiger partial charge >= 0.3 is 5.97 Å². The summed E-state index contributed by atoms with van der Waals surface area (Å²) in [6.45, 7) is 0.296. The summed E-state index contributed by atoms with van der Waals surface area (Å²) in [4.78, 5) is 24.5. The molecule has 1 aromatic carbocycles. The number of halogens is 1. The minimum absolute atomic E-state index is 0.108. The molecule has 1 saturated heterocycles. The number of amides is 1. The zero-order valence-electron chi connectivity index (χ0n) is 12.4. The first-order valence-electron chi connectivity index (χ1n) is 7.26. The predicted octanol–water partition coefficient (Wildman–Crippen LogP) is 1.57. The van der Waals surface area contributed by atoms with Gasteiger partial charge in [0.25, 0.3) is 5.91 Å². The van der Waals surface area contributed by atoms with Gasteiger partial charge in [-0.2, -0.15) is 5.10 Å². The highest BCUT2D eigenvalue weighted by Gasteiger charge is 2.46. The lowest BCUT2D eigenvalue weighted by Gasteiger charge is -2.18. The molecule has 1 amide bonds. The Kier molecular flexibility index (Phi) is 3.85. The van der Waals surface area contributed by atoms with Crippen LogP contribution >= 0.6 is 0 Å². The third-order valence-electron chi connectivity index (χ3n) is 3.99. The third kappa shape index (κ3) is 3.08. The molecule has 0 saturated carbocycles. The maximum absolute atomic E-state index is 14.0. The van der Waals surface area contributed by atoms with Crippen LogP contribution in [0.5, 0.6) is 0 Å². The fraction of sp³-hybridized carbons (Fsp3) is 0.312. The average molecular weight is 317 g/mol. The van der Waals surface area contributed by atoms with Crippen molar-refractivity contribution in [3.8, 4) is 0 Å². The Bertz CT molecular complexity index is 715. The van der Waals surface area contributed by atoms with Gasteiger partial charge in [-0.1, -0.05) is 12.1 Å². The van der Waals surface area contributed by atoms with Gasteiger partial charge in [-0.05, 0) is 23.8 Å². The molecule has 0 aliphatic carbocycles. The van der Waals surface area contributed by atoms with Crippen molar-refractivity contribution in [3.05, 3.63) is 53.9 Å². The monoisotopic (exact) mass is 317 g/mol. The van der Waals surface area contributed by atoms with Gasteiger partial charge in [0.15, 0.2) is 0 Å². The molecular weight excluding hydrogens is 301 g/mol. The molecule has 0 unspecified atom stereocenters. The molecular formula is C16H16FN3O3. The minimum atomic E-state index is -2.34. The van der Waals surface area contributed by atoms with Crippen LogP contribution in [-0.4, -0.2) is 50.4 Å². The van der Waals surface area contributed by atoms with Crippen LogP contribution in [0.3, 0.4) is 0 Å². The summed E-state index contributed by atoms with van der Waals surface area (Å²) < 4.78 is 15.8. The number of carbonyl (C=O) groups excluding carboxylic acids is 1. The van der Waals surface area contributed by atoms with Crippen LogP contribution in [0.1, 0.15) is 22.3 Å². The number of hydrogen-bond acceptors (Lipinski definition) is 3. The maximum atomic E-state index is 14.0. The van der Waals surface area contributed by atoms with Gasteiger partial charge in [0.1, 0.15) is 0 Å². The van der Waals surface area contributed by atoms with Crippen molar-refractivity contribution in [2.75, 3.05) is 13.1 Å². The van der Waals surface area contributed by atoms with Crippen molar-refractivity contribution in [2.24, 2.45) is 0 Å². The van der Waals surface area contributed by atoms with E-state index in [-0.39, 0.29) is 18.9 Å². The maximum Gasteiger partial charge on any atom is 0.343 e. The van der Waals surface area contributed by atoms with E-state index in [2.05, 4.69) is 5.10 Å². The predicted molar refractivity (Wildman–Crippen MR) is 79.8 cm³/mol. The van der Waals surface area contributed by atoms with Crippen LogP contribution in [0.25, 0.3) is 0 Å². The van der Waals surface area contributed by atoms with E-state index in [0.29, 0.717) is 12.1 Å². The fourth-order valence-corrected chi connectivity index (χ4v) is 2.64. The third-order valence-corrected chi connectivity index (χ3v) is 3.99. The summed E-state index contributed by atoms with van der Waals surface area (Å²) >= 11 is 0. The van der Waals surface area contributed by atoms with Crippen LogP contribution < -0.4 is 0 Å². The van der Waals surface area contributed by atoms with Crippen molar-refractivity contribution in [2.45, 2.75) is 18.6 Å². The highest BCUT2D eigenvalue weighted by atomic mass is 19.1. The molecule has 1 aromatic heterocycles. The summed E-state index contributed by atoms with van der Waals surface area (Å²) in [5, 5.41) is 13.0. The van der Waals surface area contributed by atoms with E-state index in [9.17, 15) is 14.0 Å². The van der Waals surface area contributed by atoms with Gasteiger partial charge in [-0.25, -0.2) is 9.18 Å². The molecule has 0 bridgehead atoms. The molecule has 7 heteroatoms. The van der Waals surface area contributed by atoms with Gasteiger partial charge in [-0.3, -0.25) is 9.48 Å². The number of alkyl halides is 1. The number of nitrogens with zero attached hydrogens (tertiary/aromatic N) is 3. The van der Waals surface area contributed by atoms with E-state index in [4.69, 9.17) is 5.11 Å². The summed E-state index contributed by atoms with van der Waals surface area (Å²) in [6.07, 6.45) is 3.36. The van der Waals surface area contributed by atoms with E-state index in [1.165, 1.54) is 4.90 Å². The molecule has 1 N–H and O–H groups in total. The van der Waals surface area contributed by atoms with E-state index < -0.39 is 18.2 Å². The first-order chi connectivity index (χ1) is 11.0. The molecule has 1 fully saturated rings. The van der Waals surface area contributed by atoms with Gasteiger partial charge in [-0.15, -0.1) is 0 Å². The number of aliphatic carboxylic acids is 1. The van der Waals surface area contributed by atoms with E-state index >= 15 is 0 Å². The molecule has 23 heavy (non-hydrogen) atoms. The number of benzene rings is 1. The Balaban J connectivity index is 1.68. The minimum Gasteiger partial charge on any atom is -0.479 e. The second-order valence-corrected chi connectivity index (χ2v) is 5.65. The molecule has 0 spiro atoms. The van der Waals surface area contributed by atoms with E-state index in [0.717, 1.165) is 5.56 Å². The van der Waals surface area contributed by atoms with Crippen molar-refractivity contribution < 1.29 is 19.1 Å². The molecule has 2 heterocycles. The number of carboxylic acids is 1. The summed E-state index contributed by atoms with van der Waals surface area (Å²) in [5.41, 5.74) is -0.934. The number of carbonyl (C=O) groups is 2. The van der Waals surface area contributed by atoms with Gasteiger partial charge < -0.3 is 10.0 Å². The second kappa shape index (κ2) is 5.83. The number of rotatable bonds is 4. The Labute approximate surface area is 132 Å². The lowest BCUT2D eigenvalue weighted by atomic mass is 10.1. The number of likely N-dealkylation sites (tertiary alicyclic amines) is 1. The van der Waals surface area contributed by atoms with Gasteiger partial charge in [0.05, 0.1) is 13.1 Å². The number of aromatic nitrogens is 2. The van der Waals surface area contributed by atoms with Crippen molar-refractivity contribution >= 4 is 11.9 Å². The van der Waals surface area contributed by atoms with Crippen LogP contribution in [0.15, 0.2) is 42.7 Å². The fourth-order valence-electron chi connectivity index (χ4n) is 2.64. The van der Waals surface area contributed by atoms with Crippen molar-refractivity contribution in [3.63, 3.8) is 0 Å². The highest BCUT2D eigenvalue weighted by molar-refractivity contribution is 5.95. The number of carboxylic acid groups (broad SMARTS) is 1. The molecule has 1 aliphatic heterocycles. The van der Waals surface area contributed by atoms with Crippen LogP contribution in [-0.2, 0) is 11.3 Å². The van der Waals surface area contributed by atoms with E-state index in [1.807, 2.05) is 24.4 Å². The Morgan fingerprint density at radius 3 is 2.61 bits per heavy atom. The lowest BCUT2D eigenvalue weighted by molar-refractivity contribution is -0.149. The number of hydrogen-bond donors (Lipinski definition) is 1. The van der Waals surface area contributed by atoms with E-state index in [1.54, 1.807) is 23.0 Å². The van der Waals surface area contributed by atoms with Gasteiger partial charge in [0, 0.05) is 30.9 Å². The molecule has 2 aromatic rings. The van der Waals surface area contributed by atoms with Gasteiger partial charge in [0.2, 0.25) is 5.67 Å². The molecule has 120 valence electrons. The largest absolute Gasteiger partial charge is 0.479 e. The summed E-state index contributed by atoms with van der Waals surface area (Å²) in [5.74, 6) is -1.86. The van der Waals surface area contributed by atoms with Crippen molar-refractivity contribution in [1.29, 1.82) is 0 Å². The lowest BCUT2D eigenvalue weighted by Crippen LogP contribution is -2.38. The van der Waals surface area contributed by atoms with Crippen molar-refractivity contribution in [1.82, 2.24) is 14.7 Å². The standard InChI is InChI=1S/C16H16FN3O3/c17-16(15(22)23)6-9-19(11-16)14(21)13-4-2-12(3-5-13)10-20-8-1-7-18-20/h1-5,7-8H,6,9-11H2,(H,22,23)/t16-/m1/s1. The molecule has 0 radical (unpaired) electrons. The quantitative estimate of drug-likeness (QED) is 0.929. The second-order valence-electron chi connectivity index (χ2n) is 5.65. The smallest absolute Gasteiger partial charge is 0.343 e. The molecule has 3 rings (SSSR count). The topological polar surface area (TPSA) is 75.4 Å². The van der Waals surface area contributed by atoms with Crippen LogP contribution in [0.2, 0.25) is 0 Å². The average Bonchev–Trinajstić information content (AvgIpc) is 3.18. The Morgan fingerprint density at radius 1 is 1.30 bits per heavy atom. The molecule has 6 nitrogen and oxygen atoms in total. The zero-order chi connectivity index (χ0) is 16.4. The first kappa shape index (κ1) is 15.2. The Morgan fingerprint density at radius 2 is 2.04 bits per heavy atom. The Hall–Kier alpha value is -2.70.